The molecule has 0 saturated heterocycles. The number of hydrogen-bond donors (Lipinski definition) is 1. The van der Waals surface area contributed by atoms with Crippen LogP contribution >= 0.6 is 0 Å². The summed E-state index contributed by atoms with van der Waals surface area (Å²) in [4.78, 5) is 12.4. The SMILES string of the molecule is Cn1nccc1C(=O)NC1CCc2cc(-c3ccnnc3)ccc21. The lowest BCUT2D eigenvalue weighted by atomic mass is 10.0. The van der Waals surface area contributed by atoms with Gasteiger partial charge in [0.1, 0.15) is 5.69 Å². The van der Waals surface area contributed by atoms with Crippen molar-refractivity contribution in [2.45, 2.75) is 18.9 Å². The van der Waals surface area contributed by atoms with Crippen LogP contribution in [0.4, 0.5) is 0 Å². The van der Waals surface area contributed by atoms with E-state index in [1.54, 1.807) is 36.4 Å². The van der Waals surface area contributed by atoms with Crippen molar-refractivity contribution in [3.63, 3.8) is 0 Å². The molecule has 1 N–H and O–H groups in total. The Balaban J connectivity index is 1.57. The Bertz CT molecular complexity index is 887. The molecule has 2 aromatic heterocycles. The first-order valence-electron chi connectivity index (χ1n) is 7.91. The maximum atomic E-state index is 12.4. The standard InChI is InChI=1S/C18H17N5O/c1-23-17(7-9-21-23)18(24)22-16-5-3-13-10-12(2-4-15(13)16)14-6-8-19-20-11-14/h2,4,6-11,16H,3,5H2,1H3,(H,22,24). The molecular weight excluding hydrogens is 302 g/mol. The van der Waals surface area contributed by atoms with Crippen molar-refractivity contribution < 1.29 is 4.79 Å². The van der Waals surface area contributed by atoms with Crippen LogP contribution in [0.15, 0.2) is 48.9 Å². The first-order valence-corrected chi connectivity index (χ1v) is 7.91. The van der Waals surface area contributed by atoms with Crippen molar-refractivity contribution in [1.29, 1.82) is 0 Å². The van der Waals surface area contributed by atoms with Gasteiger partial charge >= 0.3 is 0 Å². The second kappa shape index (κ2) is 5.88. The number of rotatable bonds is 3. The quantitative estimate of drug-likeness (QED) is 0.804. The second-order valence-corrected chi connectivity index (χ2v) is 5.95. The number of aromatic nitrogens is 4. The monoisotopic (exact) mass is 319 g/mol. The molecule has 1 aliphatic carbocycles. The van der Waals surface area contributed by atoms with E-state index < -0.39 is 0 Å². The summed E-state index contributed by atoms with van der Waals surface area (Å²) in [6, 6.07) is 10.1. The highest BCUT2D eigenvalue weighted by Crippen LogP contribution is 2.34. The minimum absolute atomic E-state index is 0.0482. The fourth-order valence-electron chi connectivity index (χ4n) is 3.24. The number of aryl methyl sites for hydroxylation is 2. The number of benzene rings is 1. The Morgan fingerprint density at radius 3 is 2.83 bits per heavy atom. The van der Waals surface area contributed by atoms with E-state index in [1.807, 2.05) is 6.07 Å². The van der Waals surface area contributed by atoms with E-state index in [4.69, 9.17) is 0 Å². The van der Waals surface area contributed by atoms with Crippen LogP contribution in [0.1, 0.15) is 34.1 Å². The lowest BCUT2D eigenvalue weighted by molar-refractivity contribution is 0.0927. The van der Waals surface area contributed by atoms with Gasteiger partial charge in [0.2, 0.25) is 0 Å². The van der Waals surface area contributed by atoms with E-state index in [0.29, 0.717) is 5.69 Å². The van der Waals surface area contributed by atoms with Crippen LogP contribution in [0.5, 0.6) is 0 Å². The predicted molar refractivity (Wildman–Crippen MR) is 89.2 cm³/mol. The molecule has 0 fully saturated rings. The Kier molecular flexibility index (Phi) is 3.57. The van der Waals surface area contributed by atoms with Crippen LogP contribution in [0, 0.1) is 0 Å². The summed E-state index contributed by atoms with van der Waals surface area (Å²) < 4.78 is 1.59. The minimum Gasteiger partial charge on any atom is -0.344 e. The fourth-order valence-corrected chi connectivity index (χ4v) is 3.24. The number of carbonyl (C=O) groups is 1. The van der Waals surface area contributed by atoms with Gasteiger partial charge in [-0.05, 0) is 41.7 Å². The average molecular weight is 319 g/mol. The van der Waals surface area contributed by atoms with E-state index in [2.05, 4.69) is 38.8 Å². The average Bonchev–Trinajstić information content (AvgIpc) is 3.21. The molecule has 0 bridgehead atoms. The smallest absolute Gasteiger partial charge is 0.270 e. The molecule has 1 unspecified atom stereocenters. The molecule has 1 amide bonds. The molecule has 4 rings (SSSR count). The molecular formula is C18H17N5O. The fraction of sp³-hybridized carbons (Fsp3) is 0.222. The van der Waals surface area contributed by atoms with Crippen molar-refractivity contribution in [3.05, 3.63) is 65.7 Å². The van der Waals surface area contributed by atoms with Crippen molar-refractivity contribution in [3.8, 4) is 11.1 Å². The summed E-state index contributed by atoms with van der Waals surface area (Å²) in [5.74, 6) is -0.0877. The Morgan fingerprint density at radius 2 is 2.08 bits per heavy atom. The van der Waals surface area contributed by atoms with E-state index >= 15 is 0 Å². The first kappa shape index (κ1) is 14.6. The van der Waals surface area contributed by atoms with Crippen LogP contribution < -0.4 is 5.32 Å². The summed E-state index contributed by atoms with van der Waals surface area (Å²) in [6.45, 7) is 0. The summed E-state index contributed by atoms with van der Waals surface area (Å²) in [6.07, 6.45) is 6.96. The molecule has 2 heterocycles. The van der Waals surface area contributed by atoms with Gasteiger partial charge in [-0.15, -0.1) is 0 Å². The van der Waals surface area contributed by atoms with Crippen LogP contribution in [-0.4, -0.2) is 25.9 Å². The molecule has 0 spiro atoms. The van der Waals surface area contributed by atoms with Gasteiger partial charge in [0.25, 0.3) is 5.91 Å². The van der Waals surface area contributed by atoms with E-state index in [-0.39, 0.29) is 11.9 Å². The molecule has 6 heteroatoms. The largest absolute Gasteiger partial charge is 0.344 e. The maximum absolute atomic E-state index is 12.4. The summed E-state index contributed by atoms with van der Waals surface area (Å²) in [7, 11) is 1.77. The van der Waals surface area contributed by atoms with Gasteiger partial charge in [-0.2, -0.15) is 15.3 Å². The second-order valence-electron chi connectivity index (χ2n) is 5.95. The maximum Gasteiger partial charge on any atom is 0.270 e. The topological polar surface area (TPSA) is 72.7 Å². The van der Waals surface area contributed by atoms with Gasteiger partial charge in [0.15, 0.2) is 0 Å². The van der Waals surface area contributed by atoms with Crippen molar-refractivity contribution >= 4 is 5.91 Å². The van der Waals surface area contributed by atoms with Gasteiger partial charge in [-0.1, -0.05) is 18.2 Å². The van der Waals surface area contributed by atoms with Gasteiger partial charge < -0.3 is 5.32 Å². The molecule has 0 saturated carbocycles. The Hall–Kier alpha value is -3.02. The van der Waals surface area contributed by atoms with Crippen molar-refractivity contribution in [1.82, 2.24) is 25.3 Å². The molecule has 1 atom stereocenters. The van der Waals surface area contributed by atoms with Gasteiger partial charge in [-0.25, -0.2) is 0 Å². The van der Waals surface area contributed by atoms with Crippen molar-refractivity contribution in [2.24, 2.45) is 7.05 Å². The summed E-state index contributed by atoms with van der Waals surface area (Å²) in [5.41, 5.74) is 5.22. The molecule has 6 nitrogen and oxygen atoms in total. The number of carbonyl (C=O) groups excluding carboxylic acids is 1. The van der Waals surface area contributed by atoms with Crippen LogP contribution in [0.25, 0.3) is 11.1 Å². The molecule has 120 valence electrons. The zero-order valence-electron chi connectivity index (χ0n) is 13.3. The summed E-state index contributed by atoms with van der Waals surface area (Å²) in [5, 5.41) is 14.9. The zero-order chi connectivity index (χ0) is 16.5. The Morgan fingerprint density at radius 1 is 1.17 bits per heavy atom. The highest BCUT2D eigenvalue weighted by atomic mass is 16.2. The number of nitrogens with zero attached hydrogens (tertiary/aromatic N) is 4. The number of fused-ring (bicyclic) bond motifs is 1. The third kappa shape index (κ3) is 2.56. The zero-order valence-corrected chi connectivity index (χ0v) is 13.3. The van der Waals surface area contributed by atoms with Crippen LogP contribution in [-0.2, 0) is 13.5 Å². The van der Waals surface area contributed by atoms with Crippen LogP contribution in [0.3, 0.4) is 0 Å². The third-order valence-corrected chi connectivity index (χ3v) is 4.50. The molecule has 1 aromatic carbocycles. The van der Waals surface area contributed by atoms with E-state index in [9.17, 15) is 4.79 Å². The molecule has 3 aromatic rings. The van der Waals surface area contributed by atoms with Gasteiger partial charge in [0, 0.05) is 18.8 Å². The number of amides is 1. The van der Waals surface area contributed by atoms with Gasteiger partial charge in [-0.3, -0.25) is 9.48 Å². The minimum atomic E-state index is -0.0877. The number of hydrogen-bond acceptors (Lipinski definition) is 4. The normalized spacial score (nSPS) is 16.0. The highest BCUT2D eigenvalue weighted by Gasteiger charge is 2.25. The van der Waals surface area contributed by atoms with E-state index in [0.717, 1.165) is 24.0 Å². The van der Waals surface area contributed by atoms with Gasteiger partial charge in [0.05, 0.1) is 18.4 Å². The lowest BCUT2D eigenvalue weighted by Crippen LogP contribution is -2.28. The molecule has 1 aliphatic rings. The molecule has 24 heavy (non-hydrogen) atoms. The summed E-state index contributed by atoms with van der Waals surface area (Å²) >= 11 is 0. The van der Waals surface area contributed by atoms with Crippen LogP contribution in [0.2, 0.25) is 0 Å². The Labute approximate surface area is 139 Å². The first-order chi connectivity index (χ1) is 11.7. The molecule has 0 radical (unpaired) electrons. The molecule has 0 aliphatic heterocycles. The third-order valence-electron chi connectivity index (χ3n) is 4.50. The highest BCUT2D eigenvalue weighted by molar-refractivity contribution is 5.92. The lowest BCUT2D eigenvalue weighted by Gasteiger charge is -2.14. The van der Waals surface area contributed by atoms with E-state index in [1.165, 1.54) is 11.1 Å². The predicted octanol–water partition coefficient (Wildman–Crippen LogP) is 2.29. The number of nitrogens with one attached hydrogen (secondary N) is 1. The van der Waals surface area contributed by atoms with Crippen molar-refractivity contribution in [2.75, 3.05) is 0 Å².